The number of aryl methyl sites for hydroxylation is 1. The summed E-state index contributed by atoms with van der Waals surface area (Å²) in [7, 11) is 0. The van der Waals surface area contributed by atoms with Crippen LogP contribution >= 0.6 is 0 Å². The van der Waals surface area contributed by atoms with E-state index in [0.29, 0.717) is 6.04 Å². The van der Waals surface area contributed by atoms with E-state index in [-0.39, 0.29) is 6.10 Å². The first kappa shape index (κ1) is 18.9. The van der Waals surface area contributed by atoms with Crippen molar-refractivity contribution in [3.63, 3.8) is 0 Å². The van der Waals surface area contributed by atoms with Crippen molar-refractivity contribution in [1.29, 1.82) is 0 Å². The van der Waals surface area contributed by atoms with Crippen molar-refractivity contribution in [2.24, 2.45) is 0 Å². The van der Waals surface area contributed by atoms with Gasteiger partial charge in [-0.15, -0.1) is 0 Å². The van der Waals surface area contributed by atoms with E-state index in [1.54, 1.807) is 0 Å². The molecule has 1 aromatic rings. The van der Waals surface area contributed by atoms with E-state index in [1.807, 2.05) is 0 Å². The van der Waals surface area contributed by atoms with Crippen molar-refractivity contribution < 1.29 is 5.11 Å². The van der Waals surface area contributed by atoms with Gasteiger partial charge in [0.05, 0.1) is 6.10 Å². The topological polar surface area (TPSA) is 55.7 Å². The van der Waals surface area contributed by atoms with Crippen LogP contribution in [0.3, 0.4) is 0 Å². The Labute approximate surface area is 163 Å². The second-order valence-electron chi connectivity index (χ2n) is 8.55. The highest BCUT2D eigenvalue weighted by Gasteiger charge is 2.27. The van der Waals surface area contributed by atoms with Gasteiger partial charge in [0.1, 0.15) is 5.82 Å². The Kier molecular flexibility index (Phi) is 6.13. The van der Waals surface area contributed by atoms with Crippen molar-refractivity contribution in [2.75, 3.05) is 49.1 Å². The van der Waals surface area contributed by atoms with Gasteiger partial charge in [0.25, 0.3) is 0 Å². The lowest BCUT2D eigenvalue weighted by molar-refractivity contribution is 0.140. The number of hydrogen-bond donors (Lipinski definition) is 1. The molecule has 0 amide bonds. The summed E-state index contributed by atoms with van der Waals surface area (Å²) in [5, 5.41) is 9.90. The van der Waals surface area contributed by atoms with Crippen LogP contribution in [0.25, 0.3) is 0 Å². The second-order valence-corrected chi connectivity index (χ2v) is 8.55. The first-order valence-corrected chi connectivity index (χ1v) is 11.0. The van der Waals surface area contributed by atoms with Gasteiger partial charge in [0, 0.05) is 50.5 Å². The van der Waals surface area contributed by atoms with Gasteiger partial charge < -0.3 is 19.8 Å². The minimum Gasteiger partial charge on any atom is -0.393 e. The summed E-state index contributed by atoms with van der Waals surface area (Å²) in [6.45, 7) is 8.61. The van der Waals surface area contributed by atoms with Crippen molar-refractivity contribution >= 4 is 11.8 Å². The number of rotatable bonds is 3. The molecule has 3 saturated heterocycles. The van der Waals surface area contributed by atoms with Crippen LogP contribution in [-0.4, -0.2) is 71.4 Å². The number of hydrogen-bond acceptors (Lipinski definition) is 6. The SMILES string of the molecule is Cc1cc(N2CCC(N3CCC[C@@H](O)CC3)CC2)nc(N2CCCCC2)n1. The van der Waals surface area contributed by atoms with Crippen molar-refractivity contribution in [2.45, 2.75) is 70.4 Å². The van der Waals surface area contributed by atoms with E-state index in [9.17, 15) is 5.11 Å². The Morgan fingerprint density at radius 3 is 2.37 bits per heavy atom. The Hall–Kier alpha value is -1.40. The standard InChI is InChI=1S/C21H35N5O/c1-17-16-20(23-21(22-17)26-10-3-2-4-11-26)25-13-7-18(8-14-25)24-12-5-6-19(27)9-15-24/h16,18-19,27H,2-15H2,1H3/t19-/m1/s1. The molecule has 4 rings (SSSR count). The Balaban J connectivity index is 1.38. The highest BCUT2D eigenvalue weighted by Crippen LogP contribution is 2.26. The van der Waals surface area contributed by atoms with E-state index in [0.717, 1.165) is 76.0 Å². The molecule has 150 valence electrons. The molecule has 3 aliphatic heterocycles. The summed E-state index contributed by atoms with van der Waals surface area (Å²) >= 11 is 0. The Morgan fingerprint density at radius 1 is 0.815 bits per heavy atom. The molecule has 0 spiro atoms. The molecule has 3 aliphatic rings. The van der Waals surface area contributed by atoms with Crippen molar-refractivity contribution in [3.8, 4) is 0 Å². The molecule has 1 N–H and O–H groups in total. The number of aliphatic hydroxyl groups excluding tert-OH is 1. The fourth-order valence-corrected chi connectivity index (χ4v) is 4.86. The maximum absolute atomic E-state index is 9.90. The molecular weight excluding hydrogens is 338 g/mol. The van der Waals surface area contributed by atoms with Crippen molar-refractivity contribution in [3.05, 3.63) is 11.8 Å². The third-order valence-corrected chi connectivity index (χ3v) is 6.50. The number of nitrogens with zero attached hydrogens (tertiary/aromatic N) is 5. The fraction of sp³-hybridized carbons (Fsp3) is 0.810. The third-order valence-electron chi connectivity index (χ3n) is 6.50. The van der Waals surface area contributed by atoms with Gasteiger partial charge in [-0.3, -0.25) is 0 Å². The largest absolute Gasteiger partial charge is 0.393 e. The van der Waals surface area contributed by atoms with Crippen LogP contribution in [0, 0.1) is 6.92 Å². The molecule has 6 heteroatoms. The van der Waals surface area contributed by atoms with Crippen LogP contribution in [0.5, 0.6) is 0 Å². The fourth-order valence-electron chi connectivity index (χ4n) is 4.86. The lowest BCUT2D eigenvalue weighted by Crippen LogP contribution is -2.45. The van der Waals surface area contributed by atoms with Gasteiger partial charge >= 0.3 is 0 Å². The molecule has 1 atom stereocenters. The van der Waals surface area contributed by atoms with Gasteiger partial charge in [-0.25, -0.2) is 4.98 Å². The van der Waals surface area contributed by atoms with Crippen LogP contribution < -0.4 is 9.80 Å². The Bertz CT molecular complexity index is 611. The maximum atomic E-state index is 9.90. The van der Waals surface area contributed by atoms with Crippen LogP contribution in [0.1, 0.15) is 57.1 Å². The minimum absolute atomic E-state index is 0.0905. The highest BCUT2D eigenvalue weighted by molar-refractivity contribution is 5.46. The summed E-state index contributed by atoms with van der Waals surface area (Å²) in [5.41, 5.74) is 1.07. The molecule has 1 aromatic heterocycles. The zero-order valence-electron chi connectivity index (χ0n) is 16.8. The monoisotopic (exact) mass is 373 g/mol. The number of likely N-dealkylation sites (tertiary alicyclic amines) is 1. The van der Waals surface area contributed by atoms with Gasteiger partial charge in [0.2, 0.25) is 5.95 Å². The number of aromatic nitrogens is 2. The maximum Gasteiger partial charge on any atom is 0.227 e. The minimum atomic E-state index is -0.0905. The zero-order chi connectivity index (χ0) is 18.6. The lowest BCUT2D eigenvalue weighted by Gasteiger charge is -2.39. The van der Waals surface area contributed by atoms with Crippen LogP contribution in [0.15, 0.2) is 6.07 Å². The van der Waals surface area contributed by atoms with E-state index in [1.165, 1.54) is 32.1 Å². The molecule has 0 aliphatic carbocycles. The van der Waals surface area contributed by atoms with Gasteiger partial charge in [-0.1, -0.05) is 0 Å². The third kappa shape index (κ3) is 4.72. The predicted molar refractivity (Wildman–Crippen MR) is 109 cm³/mol. The molecule has 6 nitrogen and oxygen atoms in total. The van der Waals surface area contributed by atoms with E-state index in [2.05, 4.69) is 27.7 Å². The normalized spacial score (nSPS) is 26.2. The van der Waals surface area contributed by atoms with E-state index in [4.69, 9.17) is 9.97 Å². The van der Waals surface area contributed by atoms with Gasteiger partial charge in [0.15, 0.2) is 0 Å². The molecule has 0 radical (unpaired) electrons. The predicted octanol–water partition coefficient (Wildman–Crippen LogP) is 2.59. The quantitative estimate of drug-likeness (QED) is 0.879. The average molecular weight is 374 g/mol. The molecule has 3 fully saturated rings. The smallest absolute Gasteiger partial charge is 0.227 e. The van der Waals surface area contributed by atoms with E-state index >= 15 is 0 Å². The summed E-state index contributed by atoms with van der Waals surface area (Å²) in [4.78, 5) is 17.1. The highest BCUT2D eigenvalue weighted by atomic mass is 16.3. The molecule has 0 bridgehead atoms. The summed E-state index contributed by atoms with van der Waals surface area (Å²) < 4.78 is 0. The second kappa shape index (κ2) is 8.74. The summed E-state index contributed by atoms with van der Waals surface area (Å²) in [6, 6.07) is 2.81. The van der Waals surface area contributed by atoms with Crippen LogP contribution in [-0.2, 0) is 0 Å². The molecule has 0 aromatic carbocycles. The molecule has 4 heterocycles. The zero-order valence-corrected chi connectivity index (χ0v) is 16.8. The number of piperidine rings is 2. The number of aliphatic hydroxyl groups is 1. The first-order chi connectivity index (χ1) is 13.2. The number of anilines is 2. The van der Waals surface area contributed by atoms with Gasteiger partial charge in [-0.2, -0.15) is 4.98 Å². The van der Waals surface area contributed by atoms with E-state index < -0.39 is 0 Å². The average Bonchev–Trinajstić information content (AvgIpc) is 2.93. The molecular formula is C21H35N5O. The molecule has 0 saturated carbocycles. The van der Waals surface area contributed by atoms with Gasteiger partial charge in [-0.05, 0) is 64.8 Å². The summed E-state index contributed by atoms with van der Waals surface area (Å²) in [5.74, 6) is 2.03. The molecule has 0 unspecified atom stereocenters. The lowest BCUT2D eigenvalue weighted by atomic mass is 10.0. The summed E-state index contributed by atoms with van der Waals surface area (Å²) in [6.07, 6.45) is 9.16. The van der Waals surface area contributed by atoms with Crippen LogP contribution in [0.4, 0.5) is 11.8 Å². The Morgan fingerprint density at radius 2 is 1.59 bits per heavy atom. The molecule has 27 heavy (non-hydrogen) atoms. The van der Waals surface area contributed by atoms with Crippen molar-refractivity contribution in [1.82, 2.24) is 14.9 Å². The first-order valence-electron chi connectivity index (χ1n) is 11.0. The van der Waals surface area contributed by atoms with Crippen LogP contribution in [0.2, 0.25) is 0 Å².